The van der Waals surface area contributed by atoms with Gasteiger partial charge in [-0.25, -0.2) is 8.42 Å². The fraction of sp³-hybridized carbons (Fsp3) is 0.400. The van der Waals surface area contributed by atoms with Crippen LogP contribution in [0.1, 0.15) is 39.5 Å². The zero-order chi connectivity index (χ0) is 19.5. The Bertz CT molecular complexity index is 932. The van der Waals surface area contributed by atoms with Crippen molar-refractivity contribution in [2.24, 2.45) is 0 Å². The zero-order valence-electron chi connectivity index (χ0n) is 15.7. The van der Waals surface area contributed by atoms with Gasteiger partial charge in [0.2, 0.25) is 9.84 Å². The van der Waals surface area contributed by atoms with Crippen LogP contribution in [-0.4, -0.2) is 21.6 Å². The number of rotatable bonds is 7. The number of hydrogen-bond donors (Lipinski definition) is 0. The second kappa shape index (κ2) is 8.27. The van der Waals surface area contributed by atoms with Crippen molar-refractivity contribution in [1.29, 1.82) is 0 Å². The molecule has 0 aromatic heterocycles. The van der Waals surface area contributed by atoms with E-state index in [1.165, 1.54) is 0 Å². The number of hydrogen-bond acceptors (Lipinski definition) is 5. The van der Waals surface area contributed by atoms with Gasteiger partial charge in [0, 0.05) is 5.31 Å². The minimum Gasteiger partial charge on any atom is -0.306 e. The second-order valence-electron chi connectivity index (χ2n) is 6.37. The van der Waals surface area contributed by atoms with Crippen LogP contribution in [0.5, 0.6) is 0 Å². The molecule has 0 N–H and O–H groups in total. The fourth-order valence-corrected chi connectivity index (χ4v) is 7.33. The predicted octanol–water partition coefficient (Wildman–Crippen LogP) is 5.38. The topological polar surface area (TPSA) is 69.7 Å². The number of sulfone groups is 1. The van der Waals surface area contributed by atoms with Gasteiger partial charge in [-0.05, 0) is 62.8 Å². The van der Waals surface area contributed by atoms with E-state index in [1.807, 2.05) is 12.2 Å². The number of allylic oxidation sites excluding steroid dienone is 6. The zero-order valence-corrected chi connectivity index (χ0v) is 17.4. The standard InChI is InChI=1S/C20H25O5PS/c1-3-24-26(21,25-4-2)19-14-9-15-20(18-13-8-12-17(18)19)27(22,23)16-10-6-5-7-11-16/h5-8,10-12H,3-4,9,13-15H2,1-2H3. The van der Waals surface area contributed by atoms with Gasteiger partial charge in [0.1, 0.15) is 0 Å². The van der Waals surface area contributed by atoms with Crippen molar-refractivity contribution in [3.05, 3.63) is 63.8 Å². The molecule has 0 atom stereocenters. The second-order valence-corrected chi connectivity index (χ2v) is 10.4. The van der Waals surface area contributed by atoms with Crippen molar-refractivity contribution in [1.82, 2.24) is 0 Å². The average Bonchev–Trinajstić information content (AvgIpc) is 3.03. The van der Waals surface area contributed by atoms with Crippen LogP contribution in [-0.2, 0) is 23.4 Å². The predicted molar refractivity (Wildman–Crippen MR) is 106 cm³/mol. The molecular formula is C20H25O5PS. The SMILES string of the molecule is CCOP(=O)(OCC)C1=C2C=CCC2=C(S(=O)(=O)c2ccccc2)CCC1. The lowest BCUT2D eigenvalue weighted by molar-refractivity contribution is 0.225. The Morgan fingerprint density at radius 3 is 2.33 bits per heavy atom. The highest BCUT2D eigenvalue weighted by atomic mass is 32.2. The first-order valence-corrected chi connectivity index (χ1v) is 12.3. The Morgan fingerprint density at radius 1 is 1.04 bits per heavy atom. The van der Waals surface area contributed by atoms with E-state index >= 15 is 0 Å². The van der Waals surface area contributed by atoms with E-state index in [4.69, 9.17) is 9.05 Å². The first-order chi connectivity index (χ1) is 12.9. The van der Waals surface area contributed by atoms with Crippen molar-refractivity contribution in [2.75, 3.05) is 13.2 Å². The van der Waals surface area contributed by atoms with Crippen molar-refractivity contribution in [2.45, 2.75) is 44.4 Å². The maximum atomic E-state index is 13.4. The summed E-state index contributed by atoms with van der Waals surface area (Å²) in [6.45, 7) is 4.10. The molecule has 0 fully saturated rings. The normalized spacial score (nSPS) is 18.0. The van der Waals surface area contributed by atoms with Gasteiger partial charge in [-0.15, -0.1) is 0 Å². The average molecular weight is 408 g/mol. The molecule has 0 radical (unpaired) electrons. The van der Waals surface area contributed by atoms with Crippen LogP contribution in [0.4, 0.5) is 0 Å². The molecule has 0 amide bonds. The first-order valence-electron chi connectivity index (χ1n) is 9.26. The summed E-state index contributed by atoms with van der Waals surface area (Å²) in [6.07, 6.45) is 5.79. The summed E-state index contributed by atoms with van der Waals surface area (Å²) < 4.78 is 51.0. The first kappa shape index (κ1) is 20.3. The third kappa shape index (κ3) is 3.90. The van der Waals surface area contributed by atoms with Crippen molar-refractivity contribution in [3.63, 3.8) is 0 Å². The van der Waals surface area contributed by atoms with Gasteiger partial charge >= 0.3 is 7.60 Å². The van der Waals surface area contributed by atoms with Crippen LogP contribution >= 0.6 is 7.60 Å². The Morgan fingerprint density at radius 2 is 1.70 bits per heavy atom. The van der Waals surface area contributed by atoms with E-state index in [0.29, 0.717) is 46.4 Å². The molecule has 0 saturated carbocycles. The minimum atomic E-state index is -3.60. The summed E-state index contributed by atoms with van der Waals surface area (Å²) in [5.41, 5.74) is 1.44. The third-order valence-corrected chi connectivity index (χ3v) is 9.02. The van der Waals surface area contributed by atoms with Crippen molar-refractivity contribution < 1.29 is 22.0 Å². The van der Waals surface area contributed by atoms with Gasteiger partial charge in [-0.1, -0.05) is 30.4 Å². The molecule has 3 rings (SSSR count). The van der Waals surface area contributed by atoms with Crippen LogP contribution < -0.4 is 0 Å². The quantitative estimate of drug-likeness (QED) is 0.567. The van der Waals surface area contributed by atoms with E-state index in [9.17, 15) is 13.0 Å². The maximum absolute atomic E-state index is 13.4. The molecule has 2 aliphatic carbocycles. The number of fused-ring (bicyclic) bond motifs is 1. The smallest absolute Gasteiger partial charge is 0.306 e. The van der Waals surface area contributed by atoms with Gasteiger partial charge in [0.25, 0.3) is 0 Å². The molecule has 5 nitrogen and oxygen atoms in total. The summed E-state index contributed by atoms with van der Waals surface area (Å²) in [4.78, 5) is 0.711. The summed E-state index contributed by atoms with van der Waals surface area (Å²) in [5, 5.41) is 0.605. The fourth-order valence-electron chi connectivity index (χ4n) is 3.60. The Hall–Kier alpha value is -1.46. The Kier molecular flexibility index (Phi) is 6.21. The van der Waals surface area contributed by atoms with Crippen LogP contribution in [0.2, 0.25) is 0 Å². The lowest BCUT2D eigenvalue weighted by Crippen LogP contribution is -2.07. The molecule has 0 heterocycles. The Labute approximate surface area is 161 Å². The van der Waals surface area contributed by atoms with Crippen molar-refractivity contribution in [3.8, 4) is 0 Å². The Balaban J connectivity index is 2.17. The van der Waals surface area contributed by atoms with Crippen LogP contribution in [0, 0.1) is 0 Å². The van der Waals surface area contributed by atoms with Gasteiger partial charge in [-0.2, -0.15) is 0 Å². The van der Waals surface area contributed by atoms with Crippen LogP contribution in [0.15, 0.2) is 68.7 Å². The molecule has 2 aliphatic rings. The number of benzene rings is 1. The molecule has 0 spiro atoms. The van der Waals surface area contributed by atoms with E-state index in [-0.39, 0.29) is 13.2 Å². The minimum absolute atomic E-state index is 0.270. The van der Waals surface area contributed by atoms with Crippen LogP contribution in [0.3, 0.4) is 0 Å². The monoisotopic (exact) mass is 408 g/mol. The lowest BCUT2D eigenvalue weighted by Gasteiger charge is -2.21. The van der Waals surface area contributed by atoms with Gasteiger partial charge in [0.15, 0.2) is 0 Å². The summed E-state index contributed by atoms with van der Waals surface area (Å²) in [5.74, 6) is 0. The van der Waals surface area contributed by atoms with E-state index in [0.717, 1.165) is 5.57 Å². The highest BCUT2D eigenvalue weighted by molar-refractivity contribution is 7.95. The molecule has 0 bridgehead atoms. The van der Waals surface area contributed by atoms with Crippen molar-refractivity contribution >= 4 is 17.4 Å². The summed E-state index contributed by atoms with van der Waals surface area (Å²) in [6, 6.07) is 8.48. The van der Waals surface area contributed by atoms with Gasteiger partial charge in [0.05, 0.1) is 23.0 Å². The lowest BCUT2D eigenvalue weighted by atomic mass is 10.1. The third-order valence-electron chi connectivity index (χ3n) is 4.70. The molecule has 0 unspecified atom stereocenters. The van der Waals surface area contributed by atoms with E-state index < -0.39 is 17.4 Å². The highest BCUT2D eigenvalue weighted by Gasteiger charge is 2.37. The van der Waals surface area contributed by atoms with Gasteiger partial charge < -0.3 is 9.05 Å². The van der Waals surface area contributed by atoms with Crippen LogP contribution in [0.25, 0.3) is 0 Å². The molecule has 1 aromatic carbocycles. The molecule has 1 aromatic rings. The largest absolute Gasteiger partial charge is 0.357 e. The highest BCUT2D eigenvalue weighted by Crippen LogP contribution is 2.61. The van der Waals surface area contributed by atoms with Gasteiger partial charge in [-0.3, -0.25) is 4.57 Å². The maximum Gasteiger partial charge on any atom is 0.357 e. The molecule has 0 aliphatic heterocycles. The molecule has 27 heavy (non-hydrogen) atoms. The van der Waals surface area contributed by atoms with E-state index in [1.54, 1.807) is 44.2 Å². The summed E-state index contributed by atoms with van der Waals surface area (Å²) in [7, 11) is -7.04. The molecule has 146 valence electrons. The molecule has 7 heteroatoms. The summed E-state index contributed by atoms with van der Waals surface area (Å²) >= 11 is 0. The molecular weight excluding hydrogens is 383 g/mol. The molecule has 0 saturated heterocycles. The van der Waals surface area contributed by atoms with E-state index in [2.05, 4.69) is 0 Å².